The van der Waals surface area contributed by atoms with Crippen molar-refractivity contribution < 1.29 is 13.9 Å². The quantitative estimate of drug-likeness (QED) is 0.826. The zero-order valence-electron chi connectivity index (χ0n) is 9.74. The van der Waals surface area contributed by atoms with Crippen LogP contribution in [0.25, 0.3) is 10.9 Å². The number of aliphatic hydroxyl groups excluding tert-OH is 1. The number of aryl methyl sites for hydroxylation is 1. The fourth-order valence-corrected chi connectivity index (χ4v) is 1.75. The lowest BCUT2D eigenvalue weighted by Crippen LogP contribution is -2.08. The van der Waals surface area contributed by atoms with Crippen LogP contribution in [0, 0.1) is 30.9 Å². The lowest BCUT2D eigenvalue weighted by molar-refractivity contribution is 0.232. The number of nitrogens with zero attached hydrogens (tertiary/aromatic N) is 1. The van der Waals surface area contributed by atoms with Gasteiger partial charge in [-0.15, -0.1) is 6.42 Å². The second-order valence-electron chi connectivity index (χ2n) is 4.08. The Labute approximate surface area is 103 Å². The molecule has 1 aromatic heterocycles. The Hall–Kier alpha value is -1.99. The average molecular weight is 247 g/mol. The molecule has 0 spiro atoms. The molecular formula is C14H11F2NO. The molecule has 4 heteroatoms. The zero-order chi connectivity index (χ0) is 13.3. The fourth-order valence-electron chi connectivity index (χ4n) is 1.75. The molecule has 92 valence electrons. The number of aliphatic hydroxyl groups is 1. The van der Waals surface area contributed by atoms with E-state index in [2.05, 4.69) is 10.9 Å². The third-order valence-electron chi connectivity index (χ3n) is 2.70. The van der Waals surface area contributed by atoms with Crippen molar-refractivity contribution in [1.82, 2.24) is 4.98 Å². The smallest absolute Gasteiger partial charge is 0.185 e. The number of terminal acetylenes is 1. The second kappa shape index (κ2) is 4.71. The number of benzene rings is 1. The lowest BCUT2D eigenvalue weighted by Gasteiger charge is -2.07. The van der Waals surface area contributed by atoms with E-state index >= 15 is 0 Å². The first-order valence-electron chi connectivity index (χ1n) is 5.41. The first-order valence-corrected chi connectivity index (χ1v) is 5.41. The van der Waals surface area contributed by atoms with Crippen LogP contribution in [-0.4, -0.2) is 16.2 Å². The monoisotopic (exact) mass is 247 g/mol. The van der Waals surface area contributed by atoms with Crippen molar-refractivity contribution in [2.24, 2.45) is 0 Å². The van der Waals surface area contributed by atoms with Crippen LogP contribution in [-0.2, 0) is 6.42 Å². The van der Waals surface area contributed by atoms with Gasteiger partial charge in [0.2, 0.25) is 0 Å². The minimum absolute atomic E-state index is 0.0418. The topological polar surface area (TPSA) is 33.1 Å². The summed E-state index contributed by atoms with van der Waals surface area (Å²) in [6.07, 6.45) is 4.18. The van der Waals surface area contributed by atoms with Crippen LogP contribution in [0.2, 0.25) is 0 Å². The highest BCUT2D eigenvalue weighted by atomic mass is 19.2. The summed E-state index contributed by atoms with van der Waals surface area (Å²) in [7, 11) is 0. The fraction of sp³-hybridized carbons (Fsp3) is 0.214. The van der Waals surface area contributed by atoms with Crippen molar-refractivity contribution in [3.05, 3.63) is 41.1 Å². The molecule has 1 aromatic carbocycles. The van der Waals surface area contributed by atoms with Crippen LogP contribution in [0.1, 0.15) is 11.3 Å². The molecule has 1 unspecified atom stereocenters. The van der Waals surface area contributed by atoms with Crippen LogP contribution in [0.15, 0.2) is 18.2 Å². The van der Waals surface area contributed by atoms with E-state index in [1.807, 2.05) is 0 Å². The first-order chi connectivity index (χ1) is 8.52. The molecule has 0 saturated carbocycles. The first kappa shape index (κ1) is 12.5. The molecule has 0 saturated heterocycles. The van der Waals surface area contributed by atoms with Gasteiger partial charge in [-0.05, 0) is 24.6 Å². The van der Waals surface area contributed by atoms with E-state index < -0.39 is 17.7 Å². The highest BCUT2D eigenvalue weighted by Crippen LogP contribution is 2.22. The second-order valence-corrected chi connectivity index (χ2v) is 4.08. The summed E-state index contributed by atoms with van der Waals surface area (Å²) in [5, 5.41) is 9.83. The average Bonchev–Trinajstić information content (AvgIpc) is 2.37. The van der Waals surface area contributed by atoms with E-state index in [1.165, 1.54) is 13.0 Å². The number of aromatic nitrogens is 1. The van der Waals surface area contributed by atoms with Crippen molar-refractivity contribution in [2.75, 3.05) is 0 Å². The van der Waals surface area contributed by atoms with Gasteiger partial charge < -0.3 is 5.11 Å². The molecule has 0 aliphatic carbocycles. The van der Waals surface area contributed by atoms with Crippen molar-refractivity contribution in [1.29, 1.82) is 0 Å². The van der Waals surface area contributed by atoms with Crippen LogP contribution in [0.5, 0.6) is 0 Å². The van der Waals surface area contributed by atoms with E-state index in [-0.39, 0.29) is 17.5 Å². The largest absolute Gasteiger partial charge is 0.380 e. The Balaban J connectivity index is 2.55. The van der Waals surface area contributed by atoms with E-state index in [0.29, 0.717) is 11.1 Å². The third kappa shape index (κ3) is 2.18. The number of hydrogen-bond donors (Lipinski definition) is 1. The number of rotatable bonds is 2. The van der Waals surface area contributed by atoms with E-state index in [9.17, 15) is 13.9 Å². The maximum absolute atomic E-state index is 13.7. The van der Waals surface area contributed by atoms with Crippen molar-refractivity contribution in [3.63, 3.8) is 0 Å². The molecule has 0 bridgehead atoms. The number of hydrogen-bond acceptors (Lipinski definition) is 2. The molecule has 1 N–H and O–H groups in total. The Bertz CT molecular complexity index is 646. The highest BCUT2D eigenvalue weighted by molar-refractivity contribution is 5.80. The van der Waals surface area contributed by atoms with Gasteiger partial charge in [0, 0.05) is 17.5 Å². The van der Waals surface area contributed by atoms with Gasteiger partial charge in [0.25, 0.3) is 0 Å². The maximum atomic E-state index is 13.7. The number of halogens is 2. The van der Waals surface area contributed by atoms with Crippen LogP contribution < -0.4 is 0 Å². The van der Waals surface area contributed by atoms with Crippen LogP contribution in [0.4, 0.5) is 8.78 Å². The Morgan fingerprint density at radius 1 is 1.39 bits per heavy atom. The molecule has 2 nitrogen and oxygen atoms in total. The van der Waals surface area contributed by atoms with Gasteiger partial charge in [0.05, 0.1) is 0 Å². The summed E-state index contributed by atoms with van der Waals surface area (Å²) in [6, 6.07) is 4.80. The zero-order valence-corrected chi connectivity index (χ0v) is 9.74. The van der Waals surface area contributed by atoms with E-state index in [0.717, 1.165) is 0 Å². The minimum atomic E-state index is -0.978. The summed E-state index contributed by atoms with van der Waals surface area (Å²) in [6.45, 7) is 1.49. The SMILES string of the molecule is C#CC(O)Cc1ccc2cc(C)c(F)c(F)c2n1. The van der Waals surface area contributed by atoms with Crippen LogP contribution >= 0.6 is 0 Å². The Morgan fingerprint density at radius 3 is 2.78 bits per heavy atom. The molecule has 0 fully saturated rings. The Morgan fingerprint density at radius 2 is 2.11 bits per heavy atom. The molecule has 0 aliphatic heterocycles. The van der Waals surface area contributed by atoms with Crippen LogP contribution in [0.3, 0.4) is 0 Å². The molecule has 0 amide bonds. The summed E-state index contributed by atoms with van der Waals surface area (Å²) < 4.78 is 27.1. The van der Waals surface area contributed by atoms with E-state index in [1.54, 1.807) is 12.1 Å². The molecule has 18 heavy (non-hydrogen) atoms. The standard InChI is InChI=1S/C14H11F2NO/c1-3-11(18)7-10-5-4-9-6-8(2)12(15)13(16)14(9)17-10/h1,4-6,11,18H,7H2,2H3. The summed E-state index contributed by atoms with van der Waals surface area (Å²) in [5.74, 6) is 0.276. The molecule has 2 rings (SSSR count). The molecule has 0 radical (unpaired) electrons. The third-order valence-corrected chi connectivity index (χ3v) is 2.70. The maximum Gasteiger partial charge on any atom is 0.185 e. The summed E-state index contributed by atoms with van der Waals surface area (Å²) >= 11 is 0. The van der Waals surface area contributed by atoms with E-state index in [4.69, 9.17) is 6.42 Å². The van der Waals surface area contributed by atoms with Gasteiger partial charge >= 0.3 is 0 Å². The van der Waals surface area contributed by atoms with Crippen molar-refractivity contribution in [3.8, 4) is 12.3 Å². The minimum Gasteiger partial charge on any atom is -0.380 e. The van der Waals surface area contributed by atoms with Gasteiger partial charge in [0.1, 0.15) is 11.6 Å². The number of fused-ring (bicyclic) bond motifs is 1. The molecule has 0 aliphatic rings. The van der Waals surface area contributed by atoms with Gasteiger partial charge in [-0.25, -0.2) is 13.8 Å². The molecule has 2 aromatic rings. The molecule has 1 atom stereocenters. The molecule has 1 heterocycles. The van der Waals surface area contributed by atoms with Gasteiger partial charge in [-0.1, -0.05) is 12.0 Å². The normalized spacial score (nSPS) is 12.4. The van der Waals surface area contributed by atoms with Gasteiger partial charge in [0.15, 0.2) is 11.6 Å². The Kier molecular flexibility index (Phi) is 3.26. The number of pyridine rings is 1. The van der Waals surface area contributed by atoms with Gasteiger partial charge in [-0.2, -0.15) is 0 Å². The predicted molar refractivity (Wildman–Crippen MR) is 64.9 cm³/mol. The molecular weight excluding hydrogens is 236 g/mol. The lowest BCUT2D eigenvalue weighted by atomic mass is 10.1. The summed E-state index contributed by atoms with van der Waals surface area (Å²) in [5.41, 5.74) is 0.619. The van der Waals surface area contributed by atoms with Gasteiger partial charge in [-0.3, -0.25) is 0 Å². The predicted octanol–water partition coefficient (Wildman–Crippen LogP) is 2.36. The summed E-state index contributed by atoms with van der Waals surface area (Å²) in [4.78, 5) is 3.99. The van der Waals surface area contributed by atoms with Crippen molar-refractivity contribution in [2.45, 2.75) is 19.4 Å². The van der Waals surface area contributed by atoms with Crippen molar-refractivity contribution >= 4 is 10.9 Å². The highest BCUT2D eigenvalue weighted by Gasteiger charge is 2.13.